The maximum Gasteiger partial charge on any atom is 0.339 e. The van der Waals surface area contributed by atoms with Gasteiger partial charge < -0.3 is 9.84 Å². The fourth-order valence-corrected chi connectivity index (χ4v) is 1.58. The first kappa shape index (κ1) is 12.4. The molecule has 0 amide bonds. The molecule has 7 heteroatoms. The van der Waals surface area contributed by atoms with Crippen molar-refractivity contribution in [3.63, 3.8) is 0 Å². The molecule has 1 aromatic heterocycles. The number of aryl methyl sites for hydroxylation is 1. The Morgan fingerprint density at radius 3 is 2.94 bits per heavy atom. The topological polar surface area (TPSA) is 77.2 Å². The lowest BCUT2D eigenvalue weighted by atomic mass is 10.2. The van der Waals surface area contributed by atoms with Crippen molar-refractivity contribution in [2.45, 2.75) is 6.61 Å². The van der Waals surface area contributed by atoms with Crippen LogP contribution in [-0.4, -0.2) is 26.1 Å². The van der Waals surface area contributed by atoms with Gasteiger partial charge in [-0.1, -0.05) is 16.8 Å². The monoisotopic (exact) mass is 267 g/mol. The van der Waals surface area contributed by atoms with Crippen molar-refractivity contribution >= 4 is 17.6 Å². The molecule has 2 rings (SSSR count). The molecule has 1 aromatic carbocycles. The normalized spacial score (nSPS) is 10.3. The minimum atomic E-state index is -1.09. The summed E-state index contributed by atoms with van der Waals surface area (Å²) >= 11 is 5.74. The molecule has 1 N–H and O–H groups in total. The standard InChI is InChI=1S/C11H10ClN3O3/c1-15-5-8(13-14-15)6-18-10-3-2-7(12)4-9(10)11(16)17/h2-5H,6H2,1H3,(H,16,17). The summed E-state index contributed by atoms with van der Waals surface area (Å²) in [5.74, 6) is -0.843. The molecular formula is C11H10ClN3O3. The fraction of sp³-hybridized carbons (Fsp3) is 0.182. The highest BCUT2D eigenvalue weighted by Gasteiger charge is 2.12. The van der Waals surface area contributed by atoms with Crippen LogP contribution in [0.5, 0.6) is 5.75 Å². The van der Waals surface area contributed by atoms with Crippen LogP contribution in [0.15, 0.2) is 24.4 Å². The maximum atomic E-state index is 11.0. The van der Waals surface area contributed by atoms with Gasteiger partial charge in [-0.15, -0.1) is 5.10 Å². The number of benzene rings is 1. The van der Waals surface area contributed by atoms with Crippen LogP contribution in [0.1, 0.15) is 16.1 Å². The Kier molecular flexibility index (Phi) is 3.47. The van der Waals surface area contributed by atoms with Crippen LogP contribution in [0.3, 0.4) is 0 Å². The summed E-state index contributed by atoms with van der Waals surface area (Å²) in [6.07, 6.45) is 1.69. The molecule has 0 saturated carbocycles. The molecule has 0 spiro atoms. The lowest BCUT2D eigenvalue weighted by molar-refractivity contribution is 0.0691. The summed E-state index contributed by atoms with van der Waals surface area (Å²) in [6, 6.07) is 4.43. The Morgan fingerprint density at radius 2 is 2.33 bits per heavy atom. The molecule has 0 aliphatic heterocycles. The van der Waals surface area contributed by atoms with Crippen LogP contribution in [0.25, 0.3) is 0 Å². The van der Waals surface area contributed by atoms with Crippen LogP contribution < -0.4 is 4.74 Å². The summed E-state index contributed by atoms with van der Waals surface area (Å²) in [5, 5.41) is 17.0. The lowest BCUT2D eigenvalue weighted by Crippen LogP contribution is -2.03. The third kappa shape index (κ3) is 2.78. The maximum absolute atomic E-state index is 11.0. The molecule has 2 aromatic rings. The summed E-state index contributed by atoms with van der Waals surface area (Å²) < 4.78 is 6.94. The first-order valence-corrected chi connectivity index (χ1v) is 5.45. The van der Waals surface area contributed by atoms with E-state index < -0.39 is 5.97 Å². The second-order valence-electron chi connectivity index (χ2n) is 3.62. The number of hydrogen-bond donors (Lipinski definition) is 1. The zero-order chi connectivity index (χ0) is 13.1. The Balaban J connectivity index is 2.16. The van der Waals surface area contributed by atoms with E-state index in [1.54, 1.807) is 24.0 Å². The minimum absolute atomic E-state index is 0.0198. The number of nitrogens with zero attached hydrogens (tertiary/aromatic N) is 3. The predicted molar refractivity (Wildman–Crippen MR) is 63.7 cm³/mol. The van der Waals surface area contributed by atoms with Crippen molar-refractivity contribution in [3.05, 3.63) is 40.7 Å². The third-order valence-electron chi connectivity index (χ3n) is 2.20. The second kappa shape index (κ2) is 5.05. The zero-order valence-corrected chi connectivity index (χ0v) is 10.3. The smallest absolute Gasteiger partial charge is 0.339 e. The summed E-state index contributed by atoms with van der Waals surface area (Å²) in [7, 11) is 1.74. The number of carboxylic acid groups (broad SMARTS) is 1. The molecule has 94 valence electrons. The van der Waals surface area contributed by atoms with Gasteiger partial charge in [-0.05, 0) is 18.2 Å². The SMILES string of the molecule is Cn1cc(COc2ccc(Cl)cc2C(=O)O)nn1. The Bertz CT molecular complexity index is 583. The highest BCUT2D eigenvalue weighted by molar-refractivity contribution is 6.31. The van der Waals surface area contributed by atoms with Gasteiger partial charge in [0.15, 0.2) is 0 Å². The highest BCUT2D eigenvalue weighted by atomic mass is 35.5. The molecule has 18 heavy (non-hydrogen) atoms. The van der Waals surface area contributed by atoms with E-state index in [1.807, 2.05) is 0 Å². The van der Waals surface area contributed by atoms with Crippen LogP contribution in [0, 0.1) is 0 Å². The van der Waals surface area contributed by atoms with Gasteiger partial charge in [0.1, 0.15) is 23.6 Å². The van der Waals surface area contributed by atoms with Crippen LogP contribution in [0.2, 0.25) is 5.02 Å². The van der Waals surface area contributed by atoms with E-state index in [-0.39, 0.29) is 17.9 Å². The molecule has 6 nitrogen and oxygen atoms in total. The van der Waals surface area contributed by atoms with E-state index in [0.29, 0.717) is 10.7 Å². The number of ether oxygens (including phenoxy) is 1. The first-order valence-electron chi connectivity index (χ1n) is 5.07. The predicted octanol–water partition coefficient (Wildman–Crippen LogP) is 1.75. The second-order valence-corrected chi connectivity index (χ2v) is 4.05. The number of carbonyl (C=O) groups is 1. The average molecular weight is 268 g/mol. The molecule has 0 atom stereocenters. The molecule has 0 bridgehead atoms. The average Bonchev–Trinajstić information content (AvgIpc) is 2.73. The van der Waals surface area contributed by atoms with Crippen LogP contribution in [0.4, 0.5) is 0 Å². The summed E-state index contributed by atoms with van der Waals surface area (Å²) in [5.41, 5.74) is 0.634. The Hall–Kier alpha value is -2.08. The first-order chi connectivity index (χ1) is 8.56. The number of hydrogen-bond acceptors (Lipinski definition) is 4. The third-order valence-corrected chi connectivity index (χ3v) is 2.43. The van der Waals surface area contributed by atoms with E-state index in [0.717, 1.165) is 0 Å². The van der Waals surface area contributed by atoms with E-state index >= 15 is 0 Å². The molecule has 1 heterocycles. The van der Waals surface area contributed by atoms with E-state index in [2.05, 4.69) is 10.3 Å². The molecular weight excluding hydrogens is 258 g/mol. The van der Waals surface area contributed by atoms with Crippen molar-refractivity contribution in [2.24, 2.45) is 7.05 Å². The zero-order valence-electron chi connectivity index (χ0n) is 9.50. The number of carboxylic acids is 1. The quantitative estimate of drug-likeness (QED) is 0.913. The molecule has 0 fully saturated rings. The van der Waals surface area contributed by atoms with E-state index in [1.165, 1.54) is 12.1 Å². The van der Waals surface area contributed by atoms with Gasteiger partial charge in [-0.2, -0.15) is 0 Å². The molecule has 0 saturated heterocycles. The number of halogens is 1. The summed E-state index contributed by atoms with van der Waals surface area (Å²) in [6.45, 7) is 0.149. The highest BCUT2D eigenvalue weighted by Crippen LogP contribution is 2.23. The fourth-order valence-electron chi connectivity index (χ4n) is 1.41. The molecule has 0 unspecified atom stereocenters. The van der Waals surface area contributed by atoms with Crippen LogP contribution in [-0.2, 0) is 13.7 Å². The number of aromatic carboxylic acids is 1. The van der Waals surface area contributed by atoms with Crippen LogP contribution >= 0.6 is 11.6 Å². The van der Waals surface area contributed by atoms with Crippen molar-refractivity contribution in [2.75, 3.05) is 0 Å². The minimum Gasteiger partial charge on any atom is -0.486 e. The van der Waals surface area contributed by atoms with Crippen molar-refractivity contribution < 1.29 is 14.6 Å². The number of rotatable bonds is 4. The van der Waals surface area contributed by atoms with Crippen molar-refractivity contribution in [1.82, 2.24) is 15.0 Å². The van der Waals surface area contributed by atoms with Crippen molar-refractivity contribution in [1.29, 1.82) is 0 Å². The lowest BCUT2D eigenvalue weighted by Gasteiger charge is -2.07. The Labute approximate surface area is 108 Å². The van der Waals surface area contributed by atoms with Gasteiger partial charge in [-0.3, -0.25) is 4.68 Å². The Morgan fingerprint density at radius 1 is 1.56 bits per heavy atom. The van der Waals surface area contributed by atoms with Gasteiger partial charge in [0.05, 0.1) is 6.20 Å². The molecule has 0 radical (unpaired) electrons. The van der Waals surface area contributed by atoms with Gasteiger partial charge in [0.2, 0.25) is 0 Å². The molecule has 0 aliphatic rings. The van der Waals surface area contributed by atoms with Gasteiger partial charge >= 0.3 is 5.97 Å². The largest absolute Gasteiger partial charge is 0.486 e. The van der Waals surface area contributed by atoms with E-state index in [4.69, 9.17) is 21.4 Å². The molecule has 0 aliphatic carbocycles. The number of aromatic nitrogens is 3. The van der Waals surface area contributed by atoms with Gasteiger partial charge in [-0.25, -0.2) is 4.79 Å². The van der Waals surface area contributed by atoms with Gasteiger partial charge in [0.25, 0.3) is 0 Å². The van der Waals surface area contributed by atoms with Crippen molar-refractivity contribution in [3.8, 4) is 5.75 Å². The summed E-state index contributed by atoms with van der Waals surface area (Å²) in [4.78, 5) is 11.0. The van der Waals surface area contributed by atoms with Gasteiger partial charge in [0, 0.05) is 12.1 Å². The van der Waals surface area contributed by atoms with E-state index in [9.17, 15) is 4.79 Å².